The number of nitrogens with zero attached hydrogens (tertiary/aromatic N) is 3. The van der Waals surface area contributed by atoms with Gasteiger partial charge in [-0.15, -0.1) is 0 Å². The standard InChI is InChI=1S/C27H31ClN4O/c1-15(2)30-26-29-14-21-16(3)23(20-6-4-5-7-22(20)28)25(33)32(24(21)31-26)27-11-17-8-18(12-27)10-19(9-17)13-27/h4-7,14-15,17-19H,8-13H2,1-3H3,(H,29,30,31). The Morgan fingerprint density at radius 3 is 2.33 bits per heavy atom. The molecule has 4 fully saturated rings. The van der Waals surface area contributed by atoms with Crippen molar-refractivity contribution in [2.75, 3.05) is 5.32 Å². The lowest BCUT2D eigenvalue weighted by molar-refractivity contribution is -0.0426. The molecule has 0 radical (unpaired) electrons. The second-order valence-corrected chi connectivity index (χ2v) is 11.4. The van der Waals surface area contributed by atoms with E-state index in [0.29, 0.717) is 16.5 Å². The summed E-state index contributed by atoms with van der Waals surface area (Å²) >= 11 is 6.62. The molecule has 4 bridgehead atoms. The normalized spacial score (nSPS) is 28.1. The van der Waals surface area contributed by atoms with Crippen molar-refractivity contribution < 1.29 is 0 Å². The van der Waals surface area contributed by atoms with Crippen LogP contribution < -0.4 is 10.9 Å². The van der Waals surface area contributed by atoms with E-state index in [-0.39, 0.29) is 17.1 Å². The highest BCUT2D eigenvalue weighted by Crippen LogP contribution is 2.59. The first-order valence-corrected chi connectivity index (χ1v) is 12.7. The molecule has 4 aliphatic rings. The van der Waals surface area contributed by atoms with Gasteiger partial charge in [0.1, 0.15) is 5.65 Å². The number of pyridine rings is 1. The second-order valence-electron chi connectivity index (χ2n) is 11.0. The van der Waals surface area contributed by atoms with E-state index in [9.17, 15) is 4.79 Å². The van der Waals surface area contributed by atoms with E-state index < -0.39 is 0 Å². The second kappa shape index (κ2) is 7.56. The summed E-state index contributed by atoms with van der Waals surface area (Å²) in [5, 5.41) is 4.88. The zero-order valence-corrected chi connectivity index (χ0v) is 20.3. The van der Waals surface area contributed by atoms with Gasteiger partial charge in [0.15, 0.2) is 0 Å². The van der Waals surface area contributed by atoms with Gasteiger partial charge in [-0.1, -0.05) is 29.8 Å². The van der Waals surface area contributed by atoms with Crippen molar-refractivity contribution in [2.24, 2.45) is 17.8 Å². The van der Waals surface area contributed by atoms with Crippen molar-refractivity contribution >= 4 is 28.6 Å². The first kappa shape index (κ1) is 21.2. The highest BCUT2D eigenvalue weighted by molar-refractivity contribution is 6.33. The quantitative estimate of drug-likeness (QED) is 0.504. The predicted molar refractivity (Wildman–Crippen MR) is 134 cm³/mol. The van der Waals surface area contributed by atoms with Gasteiger partial charge in [0.2, 0.25) is 5.95 Å². The van der Waals surface area contributed by atoms with Crippen molar-refractivity contribution in [3.63, 3.8) is 0 Å². The van der Waals surface area contributed by atoms with E-state index in [0.717, 1.165) is 59.2 Å². The molecular weight excluding hydrogens is 432 g/mol. The fraction of sp³-hybridized carbons (Fsp3) is 0.519. The molecule has 3 aromatic rings. The minimum atomic E-state index is -0.156. The molecular formula is C27H31ClN4O. The van der Waals surface area contributed by atoms with Gasteiger partial charge in [-0.2, -0.15) is 4.98 Å². The maximum absolute atomic E-state index is 14.4. The average molecular weight is 463 g/mol. The van der Waals surface area contributed by atoms with Crippen LogP contribution in [0.15, 0.2) is 35.3 Å². The molecule has 0 aliphatic heterocycles. The van der Waals surface area contributed by atoms with Crippen molar-refractivity contribution in [3.8, 4) is 11.1 Å². The Labute approximate surface area is 199 Å². The Balaban J connectivity index is 1.67. The SMILES string of the molecule is Cc1c(-c2ccccc2Cl)c(=O)n(C23CC4CC(CC(C4)C2)C3)c2nc(NC(C)C)ncc12. The zero-order chi connectivity index (χ0) is 22.9. The fourth-order valence-electron chi connectivity index (χ4n) is 7.40. The third kappa shape index (κ3) is 3.30. The lowest BCUT2D eigenvalue weighted by Crippen LogP contribution is -2.55. The number of rotatable bonds is 4. The van der Waals surface area contributed by atoms with E-state index in [1.165, 1.54) is 19.3 Å². The van der Waals surface area contributed by atoms with E-state index in [4.69, 9.17) is 16.6 Å². The van der Waals surface area contributed by atoms with Crippen LogP contribution in [0, 0.1) is 24.7 Å². The Morgan fingerprint density at radius 1 is 1.09 bits per heavy atom. The molecule has 5 nitrogen and oxygen atoms in total. The molecule has 1 aromatic carbocycles. The van der Waals surface area contributed by atoms with Gasteiger partial charge in [0.25, 0.3) is 5.56 Å². The van der Waals surface area contributed by atoms with Crippen molar-refractivity contribution in [2.45, 2.75) is 70.9 Å². The smallest absolute Gasteiger partial charge is 0.260 e. The van der Waals surface area contributed by atoms with E-state index in [2.05, 4.69) is 28.7 Å². The summed E-state index contributed by atoms with van der Waals surface area (Å²) in [4.78, 5) is 24.0. The molecule has 2 heterocycles. The number of halogens is 1. The first-order valence-electron chi connectivity index (χ1n) is 12.3. The van der Waals surface area contributed by atoms with Crippen LogP contribution in [0.1, 0.15) is 57.9 Å². The van der Waals surface area contributed by atoms with Gasteiger partial charge in [0.05, 0.1) is 11.1 Å². The minimum absolute atomic E-state index is 0.0456. The Kier molecular flexibility index (Phi) is 4.84. The highest BCUT2D eigenvalue weighted by atomic mass is 35.5. The average Bonchev–Trinajstić information content (AvgIpc) is 2.73. The maximum Gasteiger partial charge on any atom is 0.260 e. The monoisotopic (exact) mass is 462 g/mol. The third-order valence-corrected chi connectivity index (χ3v) is 8.55. The summed E-state index contributed by atoms with van der Waals surface area (Å²) in [6.07, 6.45) is 9.10. The van der Waals surface area contributed by atoms with E-state index in [1.807, 2.05) is 37.4 Å². The molecule has 172 valence electrons. The van der Waals surface area contributed by atoms with Crippen LogP contribution in [0.3, 0.4) is 0 Å². The molecule has 6 heteroatoms. The zero-order valence-electron chi connectivity index (χ0n) is 19.6. The molecule has 0 unspecified atom stereocenters. The molecule has 4 saturated carbocycles. The maximum atomic E-state index is 14.4. The summed E-state index contributed by atoms with van der Waals surface area (Å²) in [5.41, 5.74) is 3.05. The van der Waals surface area contributed by atoms with Gasteiger partial charge in [-0.05, 0) is 88.7 Å². The minimum Gasteiger partial charge on any atom is -0.352 e. The van der Waals surface area contributed by atoms with Gasteiger partial charge in [0, 0.05) is 28.2 Å². The molecule has 0 saturated heterocycles. The van der Waals surface area contributed by atoms with Crippen LogP contribution in [0.5, 0.6) is 0 Å². The van der Waals surface area contributed by atoms with Crippen molar-refractivity contribution in [1.82, 2.24) is 14.5 Å². The molecule has 33 heavy (non-hydrogen) atoms. The van der Waals surface area contributed by atoms with Crippen LogP contribution in [-0.2, 0) is 5.54 Å². The molecule has 0 spiro atoms. The lowest BCUT2D eigenvalue weighted by atomic mass is 9.53. The Bertz CT molecular complexity index is 1280. The summed E-state index contributed by atoms with van der Waals surface area (Å²) in [5.74, 6) is 2.75. The summed E-state index contributed by atoms with van der Waals surface area (Å²) < 4.78 is 2.09. The fourth-order valence-corrected chi connectivity index (χ4v) is 7.63. The Morgan fingerprint density at radius 2 is 1.73 bits per heavy atom. The molecule has 7 rings (SSSR count). The number of hydrogen-bond acceptors (Lipinski definition) is 4. The lowest BCUT2D eigenvalue weighted by Gasteiger charge is -2.57. The molecule has 4 aliphatic carbocycles. The number of aromatic nitrogens is 3. The molecule has 0 amide bonds. The van der Waals surface area contributed by atoms with Gasteiger partial charge in [-0.25, -0.2) is 4.98 Å². The summed E-state index contributed by atoms with van der Waals surface area (Å²) in [6, 6.07) is 7.89. The number of benzene rings is 1. The summed E-state index contributed by atoms with van der Waals surface area (Å²) in [6.45, 7) is 6.16. The number of fused-ring (bicyclic) bond motifs is 1. The van der Waals surface area contributed by atoms with Crippen LogP contribution in [-0.4, -0.2) is 20.6 Å². The van der Waals surface area contributed by atoms with Crippen molar-refractivity contribution in [3.05, 3.63) is 51.4 Å². The van der Waals surface area contributed by atoms with E-state index in [1.54, 1.807) is 0 Å². The number of hydrogen-bond donors (Lipinski definition) is 1. The Hall–Kier alpha value is -2.40. The topological polar surface area (TPSA) is 59.8 Å². The van der Waals surface area contributed by atoms with Gasteiger partial charge in [-0.3, -0.25) is 9.36 Å². The number of anilines is 1. The molecule has 0 atom stereocenters. The molecule has 2 aromatic heterocycles. The van der Waals surface area contributed by atoms with Crippen LogP contribution >= 0.6 is 11.6 Å². The van der Waals surface area contributed by atoms with Gasteiger partial charge < -0.3 is 5.32 Å². The van der Waals surface area contributed by atoms with Crippen LogP contribution in [0.4, 0.5) is 5.95 Å². The largest absolute Gasteiger partial charge is 0.352 e. The highest BCUT2D eigenvalue weighted by Gasteiger charge is 2.53. The molecule has 1 N–H and O–H groups in total. The van der Waals surface area contributed by atoms with E-state index >= 15 is 0 Å². The van der Waals surface area contributed by atoms with Gasteiger partial charge >= 0.3 is 0 Å². The summed E-state index contributed by atoms with van der Waals surface area (Å²) in [7, 11) is 0. The van der Waals surface area contributed by atoms with Crippen molar-refractivity contribution in [1.29, 1.82) is 0 Å². The first-order chi connectivity index (χ1) is 15.8. The number of aryl methyl sites for hydroxylation is 1. The third-order valence-electron chi connectivity index (χ3n) is 8.22. The van der Waals surface area contributed by atoms with Crippen LogP contribution in [0.25, 0.3) is 22.2 Å². The number of nitrogens with one attached hydrogen (secondary N) is 1. The predicted octanol–water partition coefficient (Wildman–Crippen LogP) is 6.17. The van der Waals surface area contributed by atoms with Crippen LogP contribution in [0.2, 0.25) is 5.02 Å².